The highest BCUT2D eigenvalue weighted by Gasteiger charge is 2.12. The second-order valence-corrected chi connectivity index (χ2v) is 3.79. The van der Waals surface area contributed by atoms with E-state index < -0.39 is 4.92 Å². The van der Waals surface area contributed by atoms with Crippen molar-refractivity contribution in [2.24, 2.45) is 0 Å². The van der Waals surface area contributed by atoms with Crippen LogP contribution in [-0.4, -0.2) is 22.0 Å². The van der Waals surface area contributed by atoms with E-state index in [9.17, 15) is 10.1 Å². The largest absolute Gasteiger partial charge is 0.495 e. The average Bonchev–Trinajstić information content (AvgIpc) is 2.38. The summed E-state index contributed by atoms with van der Waals surface area (Å²) in [6, 6.07) is 4.20. The maximum atomic E-state index is 10.7. The third kappa shape index (κ3) is 2.54. The van der Waals surface area contributed by atoms with Gasteiger partial charge in [-0.05, 0) is 6.07 Å². The Bertz CT molecular complexity index is 604. The predicted molar refractivity (Wildman–Crippen MR) is 65.7 cm³/mol. The fourth-order valence-corrected chi connectivity index (χ4v) is 1.61. The van der Waals surface area contributed by atoms with Crippen LogP contribution in [0.25, 0.3) is 11.3 Å². The van der Waals surface area contributed by atoms with Crippen LogP contribution >= 0.6 is 11.6 Å². The van der Waals surface area contributed by atoms with Gasteiger partial charge in [0, 0.05) is 17.8 Å². The summed E-state index contributed by atoms with van der Waals surface area (Å²) in [7, 11) is 1.51. The number of pyridine rings is 2. The minimum atomic E-state index is -0.523. The van der Waals surface area contributed by atoms with Crippen molar-refractivity contribution in [2.75, 3.05) is 7.11 Å². The first-order valence-electron chi connectivity index (χ1n) is 4.91. The van der Waals surface area contributed by atoms with Gasteiger partial charge in [0.15, 0.2) is 0 Å². The smallest absolute Gasteiger partial charge is 0.274 e. The van der Waals surface area contributed by atoms with Crippen LogP contribution < -0.4 is 4.74 Å². The molecule has 0 radical (unpaired) electrons. The molecule has 2 rings (SSSR count). The number of aromatic nitrogens is 2. The molecular weight excluding hydrogens is 258 g/mol. The summed E-state index contributed by atoms with van der Waals surface area (Å²) in [5.41, 5.74) is 0.855. The van der Waals surface area contributed by atoms with E-state index in [0.29, 0.717) is 17.0 Å². The van der Waals surface area contributed by atoms with E-state index in [0.717, 1.165) is 0 Å². The first-order chi connectivity index (χ1) is 8.60. The Hall–Kier alpha value is -2.21. The van der Waals surface area contributed by atoms with E-state index in [1.807, 2.05) is 0 Å². The first-order valence-corrected chi connectivity index (χ1v) is 5.29. The van der Waals surface area contributed by atoms with E-state index in [2.05, 4.69) is 9.97 Å². The van der Waals surface area contributed by atoms with Gasteiger partial charge in [0.2, 0.25) is 0 Å². The number of methoxy groups -OCH3 is 1. The molecule has 0 aromatic carbocycles. The van der Waals surface area contributed by atoms with Crippen LogP contribution in [0.5, 0.6) is 5.75 Å². The van der Waals surface area contributed by atoms with Crippen LogP contribution in [0.15, 0.2) is 30.6 Å². The predicted octanol–water partition coefficient (Wildman–Crippen LogP) is 2.71. The molecule has 7 heteroatoms. The summed E-state index contributed by atoms with van der Waals surface area (Å²) in [6.07, 6.45) is 3.06. The van der Waals surface area contributed by atoms with Crippen molar-refractivity contribution in [1.82, 2.24) is 9.97 Å². The molecule has 18 heavy (non-hydrogen) atoms. The normalized spacial score (nSPS) is 10.1. The van der Waals surface area contributed by atoms with Gasteiger partial charge in [-0.1, -0.05) is 11.6 Å². The molecule has 0 fully saturated rings. The number of nitrogens with zero attached hydrogens (tertiary/aromatic N) is 3. The van der Waals surface area contributed by atoms with Gasteiger partial charge < -0.3 is 4.74 Å². The zero-order valence-electron chi connectivity index (χ0n) is 9.33. The average molecular weight is 266 g/mol. The number of nitro groups is 1. The van der Waals surface area contributed by atoms with Crippen molar-refractivity contribution in [3.8, 4) is 17.0 Å². The van der Waals surface area contributed by atoms with Gasteiger partial charge in [-0.15, -0.1) is 0 Å². The molecule has 0 aliphatic rings. The monoisotopic (exact) mass is 265 g/mol. The van der Waals surface area contributed by atoms with E-state index in [-0.39, 0.29) is 10.8 Å². The van der Waals surface area contributed by atoms with Gasteiger partial charge in [0.1, 0.15) is 10.9 Å². The molecular formula is C11H8ClN3O3. The molecule has 2 aromatic rings. The lowest BCUT2D eigenvalue weighted by Crippen LogP contribution is -1.93. The van der Waals surface area contributed by atoms with Crippen molar-refractivity contribution in [1.29, 1.82) is 0 Å². The van der Waals surface area contributed by atoms with Crippen LogP contribution in [0.3, 0.4) is 0 Å². The van der Waals surface area contributed by atoms with Gasteiger partial charge >= 0.3 is 0 Å². The number of hydrogen-bond donors (Lipinski definition) is 0. The highest BCUT2D eigenvalue weighted by molar-refractivity contribution is 6.29. The molecule has 0 unspecified atom stereocenters. The zero-order valence-corrected chi connectivity index (χ0v) is 10.1. The van der Waals surface area contributed by atoms with Gasteiger partial charge in [0.25, 0.3) is 5.69 Å². The molecule has 0 aliphatic heterocycles. The molecule has 0 amide bonds. The highest BCUT2D eigenvalue weighted by Crippen LogP contribution is 2.26. The highest BCUT2D eigenvalue weighted by atomic mass is 35.5. The van der Waals surface area contributed by atoms with Gasteiger partial charge in [-0.25, -0.2) is 4.98 Å². The summed E-state index contributed by atoms with van der Waals surface area (Å²) < 4.78 is 5.03. The Morgan fingerprint density at radius 3 is 2.78 bits per heavy atom. The van der Waals surface area contributed by atoms with Crippen molar-refractivity contribution >= 4 is 17.3 Å². The van der Waals surface area contributed by atoms with Crippen LogP contribution in [-0.2, 0) is 0 Å². The maximum Gasteiger partial charge on any atom is 0.274 e. The van der Waals surface area contributed by atoms with Gasteiger partial charge in [0.05, 0.1) is 30.0 Å². The molecule has 0 aliphatic carbocycles. The SMILES string of the molecule is COc1cncc(-c2cc([N+](=O)[O-])cc(Cl)n2)c1. The van der Waals surface area contributed by atoms with Crippen LogP contribution in [0.2, 0.25) is 5.15 Å². The molecule has 92 valence electrons. The fraction of sp³-hybridized carbons (Fsp3) is 0.0909. The van der Waals surface area contributed by atoms with Crippen molar-refractivity contribution in [3.05, 3.63) is 45.9 Å². The molecule has 0 spiro atoms. The summed E-state index contributed by atoms with van der Waals surface area (Å²) in [4.78, 5) is 18.2. The lowest BCUT2D eigenvalue weighted by atomic mass is 10.2. The van der Waals surface area contributed by atoms with Gasteiger partial charge in [-0.2, -0.15) is 0 Å². The Morgan fingerprint density at radius 1 is 1.33 bits per heavy atom. The molecule has 0 saturated heterocycles. The topological polar surface area (TPSA) is 78.2 Å². The molecule has 0 bridgehead atoms. The number of hydrogen-bond acceptors (Lipinski definition) is 5. The Kier molecular flexibility index (Phi) is 3.38. The van der Waals surface area contributed by atoms with Gasteiger partial charge in [-0.3, -0.25) is 15.1 Å². The van der Waals surface area contributed by atoms with E-state index in [1.54, 1.807) is 6.07 Å². The van der Waals surface area contributed by atoms with Crippen LogP contribution in [0.4, 0.5) is 5.69 Å². The number of rotatable bonds is 3. The Balaban J connectivity index is 2.52. The fourth-order valence-electron chi connectivity index (χ4n) is 1.41. The van der Waals surface area contributed by atoms with E-state index in [4.69, 9.17) is 16.3 Å². The molecule has 0 saturated carbocycles. The molecule has 0 atom stereocenters. The number of halogens is 1. The Labute approximate surface area is 107 Å². The second-order valence-electron chi connectivity index (χ2n) is 3.40. The lowest BCUT2D eigenvalue weighted by Gasteiger charge is -2.03. The lowest BCUT2D eigenvalue weighted by molar-refractivity contribution is -0.384. The summed E-state index contributed by atoms with van der Waals surface area (Å²) in [6.45, 7) is 0. The van der Waals surface area contributed by atoms with Crippen molar-refractivity contribution in [3.63, 3.8) is 0 Å². The van der Waals surface area contributed by atoms with E-state index in [1.165, 1.54) is 31.6 Å². The van der Waals surface area contributed by atoms with E-state index >= 15 is 0 Å². The quantitative estimate of drug-likeness (QED) is 0.484. The minimum Gasteiger partial charge on any atom is -0.495 e. The van der Waals surface area contributed by atoms with Crippen LogP contribution in [0, 0.1) is 10.1 Å². The molecule has 2 heterocycles. The Morgan fingerprint density at radius 2 is 2.11 bits per heavy atom. The second kappa shape index (κ2) is 4.97. The molecule has 6 nitrogen and oxygen atoms in total. The standard InChI is InChI=1S/C11H8ClN3O3/c1-18-9-2-7(5-13-6-9)10-3-8(15(16)17)4-11(12)14-10/h2-6H,1H3. The summed E-state index contributed by atoms with van der Waals surface area (Å²) in [5.74, 6) is 0.539. The summed E-state index contributed by atoms with van der Waals surface area (Å²) >= 11 is 5.75. The zero-order chi connectivity index (χ0) is 13.1. The number of ether oxygens (including phenoxy) is 1. The first kappa shape index (κ1) is 12.3. The molecule has 2 aromatic heterocycles. The third-order valence-corrected chi connectivity index (χ3v) is 2.43. The minimum absolute atomic E-state index is 0.0574. The van der Waals surface area contributed by atoms with Crippen molar-refractivity contribution in [2.45, 2.75) is 0 Å². The van der Waals surface area contributed by atoms with Crippen molar-refractivity contribution < 1.29 is 9.66 Å². The molecule has 0 N–H and O–H groups in total. The summed E-state index contributed by atoms with van der Waals surface area (Å²) in [5, 5.41) is 10.8. The third-order valence-electron chi connectivity index (χ3n) is 2.23. The van der Waals surface area contributed by atoms with Crippen LogP contribution in [0.1, 0.15) is 0 Å². The maximum absolute atomic E-state index is 10.7.